The highest BCUT2D eigenvalue weighted by Crippen LogP contribution is 2.08. The molecule has 0 spiro atoms. The summed E-state index contributed by atoms with van der Waals surface area (Å²) in [6.07, 6.45) is 4.94. The summed E-state index contributed by atoms with van der Waals surface area (Å²) >= 11 is 0. The zero-order chi connectivity index (χ0) is 14.1. The first-order chi connectivity index (χ1) is 9.27. The van der Waals surface area contributed by atoms with Crippen molar-refractivity contribution in [2.75, 3.05) is 19.6 Å². The monoisotopic (exact) mass is 263 g/mol. The number of aryl methyl sites for hydroxylation is 1. The zero-order valence-corrected chi connectivity index (χ0v) is 12.2. The minimum atomic E-state index is 0.260. The molecule has 1 aliphatic heterocycles. The third-order valence-electron chi connectivity index (χ3n) is 3.20. The first kappa shape index (κ1) is 15.6. The summed E-state index contributed by atoms with van der Waals surface area (Å²) in [5, 5.41) is 3.29. The number of hydrogen-bond acceptors (Lipinski definition) is 3. The molecular formula is C15H25N3O. The second-order valence-electron chi connectivity index (χ2n) is 4.50. The van der Waals surface area contributed by atoms with Gasteiger partial charge in [0, 0.05) is 44.5 Å². The van der Waals surface area contributed by atoms with Crippen LogP contribution in [0.3, 0.4) is 0 Å². The number of carbonyl (C=O) groups excluding carboxylic acids is 1. The maximum atomic E-state index is 12.1. The van der Waals surface area contributed by atoms with Crippen LogP contribution in [0.25, 0.3) is 0 Å². The molecule has 1 aromatic rings. The van der Waals surface area contributed by atoms with Gasteiger partial charge in [-0.25, -0.2) is 0 Å². The zero-order valence-electron chi connectivity index (χ0n) is 12.2. The molecular weight excluding hydrogens is 238 g/mol. The molecule has 1 fully saturated rings. The number of amides is 1. The Bertz CT molecular complexity index is 367. The van der Waals surface area contributed by atoms with E-state index in [0.29, 0.717) is 12.5 Å². The highest BCUT2D eigenvalue weighted by Gasteiger charge is 2.22. The minimum Gasteiger partial charge on any atom is -0.337 e. The lowest BCUT2D eigenvalue weighted by molar-refractivity contribution is -0.133. The van der Waals surface area contributed by atoms with Gasteiger partial charge in [-0.3, -0.25) is 9.78 Å². The normalized spacial score (nSPS) is 18.5. The van der Waals surface area contributed by atoms with Crippen molar-refractivity contribution in [2.45, 2.75) is 39.7 Å². The van der Waals surface area contributed by atoms with E-state index in [-0.39, 0.29) is 5.91 Å². The summed E-state index contributed by atoms with van der Waals surface area (Å²) in [5.41, 5.74) is 1.18. The number of carbonyl (C=O) groups is 1. The van der Waals surface area contributed by atoms with Crippen LogP contribution in [0.2, 0.25) is 0 Å². The summed E-state index contributed by atoms with van der Waals surface area (Å²) in [4.78, 5) is 18.0. The quantitative estimate of drug-likeness (QED) is 0.905. The Morgan fingerprint density at radius 2 is 2.11 bits per heavy atom. The number of hydrogen-bond donors (Lipinski definition) is 1. The maximum Gasteiger partial charge on any atom is 0.223 e. The molecule has 0 aliphatic carbocycles. The average molecular weight is 263 g/mol. The average Bonchev–Trinajstić information content (AvgIpc) is 2.48. The molecule has 0 bridgehead atoms. The van der Waals surface area contributed by atoms with E-state index in [2.05, 4.69) is 17.2 Å². The standard InChI is InChI=1S/C13H19N3O.C2H6/c1-11-10-15-8-9-16(11)13(17)3-2-12-4-6-14-7-5-12;1-2/h4-7,11,15H,2-3,8-10H2,1H3;1-2H3. The molecule has 19 heavy (non-hydrogen) atoms. The van der Waals surface area contributed by atoms with Gasteiger partial charge < -0.3 is 10.2 Å². The van der Waals surface area contributed by atoms with Crippen LogP contribution in [0.15, 0.2) is 24.5 Å². The first-order valence-electron chi connectivity index (χ1n) is 7.16. The van der Waals surface area contributed by atoms with E-state index in [1.807, 2.05) is 30.9 Å². The number of aromatic nitrogens is 1. The van der Waals surface area contributed by atoms with Crippen LogP contribution in [0.4, 0.5) is 0 Å². The largest absolute Gasteiger partial charge is 0.337 e. The molecule has 106 valence electrons. The Kier molecular flexibility index (Phi) is 7.11. The van der Waals surface area contributed by atoms with Crippen LogP contribution < -0.4 is 5.32 Å². The molecule has 0 radical (unpaired) electrons. The van der Waals surface area contributed by atoms with Crippen LogP contribution in [0, 0.1) is 0 Å². The molecule has 2 rings (SSSR count). The third kappa shape index (κ3) is 4.99. The lowest BCUT2D eigenvalue weighted by atomic mass is 10.1. The first-order valence-corrected chi connectivity index (χ1v) is 7.16. The van der Waals surface area contributed by atoms with Crippen molar-refractivity contribution >= 4 is 5.91 Å². The topological polar surface area (TPSA) is 45.2 Å². The molecule has 1 aromatic heterocycles. The lowest BCUT2D eigenvalue weighted by Gasteiger charge is -2.34. The predicted molar refractivity (Wildman–Crippen MR) is 78.0 cm³/mol. The molecule has 1 unspecified atom stereocenters. The molecule has 4 heteroatoms. The summed E-state index contributed by atoms with van der Waals surface area (Å²) in [6, 6.07) is 4.25. The molecule has 2 heterocycles. The van der Waals surface area contributed by atoms with Crippen molar-refractivity contribution in [1.29, 1.82) is 0 Å². The lowest BCUT2D eigenvalue weighted by Crippen LogP contribution is -2.52. The summed E-state index contributed by atoms with van der Waals surface area (Å²) in [7, 11) is 0. The molecule has 1 saturated heterocycles. The smallest absolute Gasteiger partial charge is 0.223 e. The Morgan fingerprint density at radius 3 is 2.74 bits per heavy atom. The molecule has 4 nitrogen and oxygen atoms in total. The number of nitrogens with one attached hydrogen (secondary N) is 1. The van der Waals surface area contributed by atoms with Crippen LogP contribution in [-0.4, -0.2) is 41.5 Å². The Labute approximate surface area is 116 Å². The number of nitrogens with zero attached hydrogens (tertiary/aromatic N) is 2. The van der Waals surface area contributed by atoms with E-state index in [1.54, 1.807) is 12.4 Å². The third-order valence-corrected chi connectivity index (χ3v) is 3.20. The van der Waals surface area contributed by atoms with Crippen molar-refractivity contribution in [3.05, 3.63) is 30.1 Å². The number of rotatable bonds is 3. The van der Waals surface area contributed by atoms with E-state index in [0.717, 1.165) is 26.1 Å². The maximum absolute atomic E-state index is 12.1. The van der Waals surface area contributed by atoms with E-state index in [9.17, 15) is 4.79 Å². The molecule has 1 amide bonds. The minimum absolute atomic E-state index is 0.260. The predicted octanol–water partition coefficient (Wildman–Crippen LogP) is 1.86. The van der Waals surface area contributed by atoms with Crippen molar-refractivity contribution in [2.24, 2.45) is 0 Å². The van der Waals surface area contributed by atoms with E-state index < -0.39 is 0 Å². The fourth-order valence-corrected chi connectivity index (χ4v) is 2.16. The van der Waals surface area contributed by atoms with Gasteiger partial charge in [-0.1, -0.05) is 13.8 Å². The van der Waals surface area contributed by atoms with E-state index >= 15 is 0 Å². The van der Waals surface area contributed by atoms with Gasteiger partial charge in [0.1, 0.15) is 0 Å². The summed E-state index contributed by atoms with van der Waals surface area (Å²) in [6.45, 7) is 8.74. The summed E-state index contributed by atoms with van der Waals surface area (Å²) < 4.78 is 0. The second-order valence-corrected chi connectivity index (χ2v) is 4.50. The summed E-state index contributed by atoms with van der Waals surface area (Å²) in [5.74, 6) is 0.260. The molecule has 0 saturated carbocycles. The van der Waals surface area contributed by atoms with Gasteiger partial charge in [0.15, 0.2) is 0 Å². The SMILES string of the molecule is CC.CC1CNCCN1C(=O)CCc1ccncc1. The Balaban J connectivity index is 0.000000861. The van der Waals surface area contributed by atoms with E-state index in [1.165, 1.54) is 5.56 Å². The van der Waals surface area contributed by atoms with Gasteiger partial charge in [-0.15, -0.1) is 0 Å². The molecule has 1 N–H and O–H groups in total. The van der Waals surface area contributed by atoms with Gasteiger partial charge in [0.25, 0.3) is 0 Å². The van der Waals surface area contributed by atoms with Crippen molar-refractivity contribution in [1.82, 2.24) is 15.2 Å². The van der Waals surface area contributed by atoms with Crippen molar-refractivity contribution in [3.63, 3.8) is 0 Å². The Hall–Kier alpha value is -1.42. The highest BCUT2D eigenvalue weighted by molar-refractivity contribution is 5.76. The van der Waals surface area contributed by atoms with Gasteiger partial charge in [0.05, 0.1) is 0 Å². The van der Waals surface area contributed by atoms with Gasteiger partial charge in [-0.2, -0.15) is 0 Å². The van der Waals surface area contributed by atoms with Crippen molar-refractivity contribution < 1.29 is 4.79 Å². The van der Waals surface area contributed by atoms with E-state index in [4.69, 9.17) is 0 Å². The van der Waals surface area contributed by atoms with Gasteiger partial charge in [0.2, 0.25) is 5.91 Å². The fraction of sp³-hybridized carbons (Fsp3) is 0.600. The van der Waals surface area contributed by atoms with Gasteiger partial charge in [-0.05, 0) is 31.0 Å². The molecule has 1 aliphatic rings. The van der Waals surface area contributed by atoms with Crippen LogP contribution >= 0.6 is 0 Å². The number of piperazine rings is 1. The van der Waals surface area contributed by atoms with Crippen molar-refractivity contribution in [3.8, 4) is 0 Å². The van der Waals surface area contributed by atoms with Crippen LogP contribution in [0.1, 0.15) is 32.8 Å². The Morgan fingerprint density at radius 1 is 1.42 bits per heavy atom. The molecule has 0 aromatic carbocycles. The van der Waals surface area contributed by atoms with Gasteiger partial charge >= 0.3 is 0 Å². The second kappa shape index (κ2) is 8.64. The van der Waals surface area contributed by atoms with Crippen LogP contribution in [0.5, 0.6) is 0 Å². The molecule has 1 atom stereocenters. The number of pyridine rings is 1. The highest BCUT2D eigenvalue weighted by atomic mass is 16.2. The van der Waals surface area contributed by atoms with Crippen LogP contribution in [-0.2, 0) is 11.2 Å². The fourth-order valence-electron chi connectivity index (χ4n) is 2.16.